The molecule has 9 heteroatoms. The number of aromatic carboxylic acids is 1. The molecule has 0 aliphatic carbocycles. The summed E-state index contributed by atoms with van der Waals surface area (Å²) in [5.41, 5.74) is 0.263. The molecule has 2 aromatic rings. The Morgan fingerprint density at radius 3 is 2.44 bits per heavy atom. The number of carboxylic acid groups (broad SMARTS) is 1. The minimum atomic E-state index is -0.985. The van der Waals surface area contributed by atoms with E-state index in [1.54, 1.807) is 30.3 Å². The fourth-order valence-corrected chi connectivity index (χ4v) is 3.85. The fourth-order valence-electron chi connectivity index (χ4n) is 3.56. The highest BCUT2D eigenvalue weighted by molar-refractivity contribution is 6.42. The number of amides is 1. The average molecular weight is 481 g/mol. The largest absolute Gasteiger partial charge is 0.492 e. The van der Waals surface area contributed by atoms with Gasteiger partial charge in [-0.3, -0.25) is 10.1 Å². The van der Waals surface area contributed by atoms with Crippen LogP contribution in [0.3, 0.4) is 0 Å². The molecule has 2 aromatic carbocycles. The molecule has 0 spiro atoms. The first kappa shape index (κ1) is 24.3. The van der Waals surface area contributed by atoms with Crippen LogP contribution in [-0.4, -0.2) is 48.9 Å². The van der Waals surface area contributed by atoms with Gasteiger partial charge >= 0.3 is 5.97 Å². The third-order valence-corrected chi connectivity index (χ3v) is 6.25. The van der Waals surface area contributed by atoms with Crippen LogP contribution in [0.4, 0.5) is 0 Å². The van der Waals surface area contributed by atoms with E-state index in [4.69, 9.17) is 37.8 Å². The number of carbonyl (C=O) groups is 2. The Hall–Kier alpha value is -2.32. The smallest absolute Gasteiger partial charge is 0.335 e. The van der Waals surface area contributed by atoms with Crippen LogP contribution in [0.15, 0.2) is 42.5 Å². The minimum absolute atomic E-state index is 0.120. The average Bonchev–Trinajstić information content (AvgIpc) is 2.79. The van der Waals surface area contributed by atoms with E-state index < -0.39 is 11.5 Å². The molecule has 1 atom stereocenters. The molecular formula is C23H26Cl2N2O5. The molecule has 32 heavy (non-hydrogen) atoms. The van der Waals surface area contributed by atoms with Gasteiger partial charge in [0, 0.05) is 25.8 Å². The summed E-state index contributed by atoms with van der Waals surface area (Å²) in [6.07, 6.45) is 1.08. The third kappa shape index (κ3) is 6.13. The van der Waals surface area contributed by atoms with E-state index in [1.807, 2.05) is 6.92 Å². The molecule has 0 unspecified atom stereocenters. The van der Waals surface area contributed by atoms with Crippen LogP contribution in [0.25, 0.3) is 0 Å². The zero-order valence-electron chi connectivity index (χ0n) is 17.7. The second kappa shape index (κ2) is 11.0. The molecule has 7 nitrogen and oxygen atoms in total. The Balaban J connectivity index is 1.59. The lowest BCUT2D eigenvalue weighted by Gasteiger charge is -2.37. The summed E-state index contributed by atoms with van der Waals surface area (Å²) in [6, 6.07) is 11.3. The minimum Gasteiger partial charge on any atom is -0.492 e. The van der Waals surface area contributed by atoms with Crippen LogP contribution in [0.1, 0.15) is 41.7 Å². The number of ether oxygens (including phenoxy) is 2. The molecule has 0 radical (unpaired) electrons. The summed E-state index contributed by atoms with van der Waals surface area (Å²) in [4.78, 5) is 24.3. The molecule has 1 fully saturated rings. The number of nitrogens with one attached hydrogen (secondary N) is 2. The number of hydrogen-bond donors (Lipinski definition) is 3. The topological polar surface area (TPSA) is 96.9 Å². The Morgan fingerprint density at radius 2 is 1.81 bits per heavy atom. The molecule has 0 saturated carbocycles. The van der Waals surface area contributed by atoms with Gasteiger partial charge in [-0.05, 0) is 49.6 Å². The van der Waals surface area contributed by atoms with Crippen molar-refractivity contribution in [3.05, 3.63) is 63.6 Å². The van der Waals surface area contributed by atoms with Crippen molar-refractivity contribution in [2.45, 2.75) is 31.3 Å². The Bertz CT molecular complexity index is 946. The van der Waals surface area contributed by atoms with Gasteiger partial charge in [0.1, 0.15) is 17.9 Å². The van der Waals surface area contributed by atoms with Gasteiger partial charge in [-0.15, -0.1) is 0 Å². The van der Waals surface area contributed by atoms with Crippen molar-refractivity contribution in [3.8, 4) is 5.75 Å². The van der Waals surface area contributed by atoms with Crippen molar-refractivity contribution in [3.63, 3.8) is 0 Å². The van der Waals surface area contributed by atoms with E-state index in [0.717, 1.165) is 5.56 Å². The Morgan fingerprint density at radius 1 is 1.12 bits per heavy atom. The number of carboxylic acids is 1. The highest BCUT2D eigenvalue weighted by Crippen LogP contribution is 2.26. The number of benzene rings is 2. The predicted molar refractivity (Wildman–Crippen MR) is 123 cm³/mol. The standard InChI is InChI=1S/C23H26Cl2N2O5/c1-15(16-2-4-17(5-3-16)21(28)29)27-22(30)23(8-11-31-12-9-23)26-10-13-32-18-6-7-19(24)20(25)14-18/h2-7,14-15,26H,8-13H2,1H3,(H,27,30)(H,28,29)/t15-/m0/s1. The number of rotatable bonds is 9. The monoisotopic (exact) mass is 480 g/mol. The molecule has 0 aromatic heterocycles. The van der Waals surface area contributed by atoms with Crippen LogP contribution in [0, 0.1) is 0 Å². The van der Waals surface area contributed by atoms with Crippen LogP contribution in [-0.2, 0) is 9.53 Å². The SMILES string of the molecule is C[C@H](NC(=O)C1(NCCOc2ccc(Cl)c(Cl)c2)CCOCC1)c1ccc(C(=O)O)cc1. The summed E-state index contributed by atoms with van der Waals surface area (Å²) in [7, 11) is 0. The van der Waals surface area contributed by atoms with E-state index in [-0.39, 0.29) is 17.5 Å². The van der Waals surface area contributed by atoms with Gasteiger partial charge in [-0.2, -0.15) is 0 Å². The first-order valence-electron chi connectivity index (χ1n) is 10.4. The van der Waals surface area contributed by atoms with Gasteiger partial charge in [0.05, 0.1) is 21.7 Å². The van der Waals surface area contributed by atoms with Crippen molar-refractivity contribution < 1.29 is 24.2 Å². The van der Waals surface area contributed by atoms with Crippen molar-refractivity contribution in [1.29, 1.82) is 0 Å². The van der Waals surface area contributed by atoms with Crippen LogP contribution in [0.2, 0.25) is 10.0 Å². The zero-order valence-corrected chi connectivity index (χ0v) is 19.2. The molecular weight excluding hydrogens is 455 g/mol. The molecule has 1 saturated heterocycles. The normalized spacial score (nSPS) is 16.2. The van der Waals surface area contributed by atoms with E-state index in [9.17, 15) is 9.59 Å². The summed E-state index contributed by atoms with van der Waals surface area (Å²) >= 11 is 11.9. The molecule has 0 bridgehead atoms. The van der Waals surface area contributed by atoms with Gasteiger partial charge in [0.2, 0.25) is 5.91 Å². The van der Waals surface area contributed by atoms with Gasteiger partial charge in [0.15, 0.2) is 0 Å². The molecule has 1 heterocycles. The van der Waals surface area contributed by atoms with Gasteiger partial charge in [-0.1, -0.05) is 35.3 Å². The molecule has 3 rings (SSSR count). The second-order valence-electron chi connectivity index (χ2n) is 7.67. The van der Waals surface area contributed by atoms with Crippen molar-refractivity contribution in [2.24, 2.45) is 0 Å². The highest BCUT2D eigenvalue weighted by atomic mass is 35.5. The van der Waals surface area contributed by atoms with E-state index in [2.05, 4.69) is 10.6 Å². The van der Waals surface area contributed by atoms with E-state index in [0.29, 0.717) is 55.0 Å². The Labute approximate surface area is 197 Å². The number of hydrogen-bond acceptors (Lipinski definition) is 5. The summed E-state index contributed by atoms with van der Waals surface area (Å²) in [5.74, 6) is -0.503. The summed E-state index contributed by atoms with van der Waals surface area (Å²) in [6.45, 7) is 3.63. The lowest BCUT2D eigenvalue weighted by Crippen LogP contribution is -2.60. The van der Waals surface area contributed by atoms with Crippen molar-refractivity contribution >= 4 is 35.1 Å². The first-order chi connectivity index (χ1) is 15.3. The number of carbonyl (C=O) groups excluding carboxylic acids is 1. The van der Waals surface area contributed by atoms with Crippen molar-refractivity contribution in [2.75, 3.05) is 26.4 Å². The van der Waals surface area contributed by atoms with Crippen molar-refractivity contribution in [1.82, 2.24) is 10.6 Å². The van der Waals surface area contributed by atoms with E-state index in [1.165, 1.54) is 12.1 Å². The van der Waals surface area contributed by atoms with Gasteiger partial charge in [-0.25, -0.2) is 4.79 Å². The quantitative estimate of drug-likeness (QED) is 0.467. The second-order valence-corrected chi connectivity index (χ2v) is 8.48. The maximum Gasteiger partial charge on any atom is 0.335 e. The lowest BCUT2D eigenvalue weighted by atomic mass is 9.88. The maximum atomic E-state index is 13.2. The van der Waals surface area contributed by atoms with Crippen LogP contribution < -0.4 is 15.4 Å². The van der Waals surface area contributed by atoms with Gasteiger partial charge in [0.25, 0.3) is 0 Å². The first-order valence-corrected chi connectivity index (χ1v) is 11.1. The molecule has 172 valence electrons. The maximum absolute atomic E-state index is 13.2. The van der Waals surface area contributed by atoms with E-state index >= 15 is 0 Å². The lowest BCUT2D eigenvalue weighted by molar-refractivity contribution is -0.132. The highest BCUT2D eigenvalue weighted by Gasteiger charge is 2.40. The molecule has 3 N–H and O–H groups in total. The summed E-state index contributed by atoms with van der Waals surface area (Å²) < 4.78 is 11.2. The van der Waals surface area contributed by atoms with Crippen LogP contribution in [0.5, 0.6) is 5.75 Å². The van der Waals surface area contributed by atoms with Gasteiger partial charge < -0.3 is 19.9 Å². The zero-order chi connectivity index (χ0) is 23.1. The predicted octanol–water partition coefficient (Wildman–Crippen LogP) is 4.09. The fraction of sp³-hybridized carbons (Fsp3) is 0.391. The Kier molecular flexibility index (Phi) is 8.37. The molecule has 1 aliphatic heterocycles. The summed E-state index contributed by atoms with van der Waals surface area (Å²) in [5, 5.41) is 16.3. The van der Waals surface area contributed by atoms with Crippen LogP contribution >= 0.6 is 23.2 Å². The molecule has 1 aliphatic rings. The number of halogens is 2. The molecule has 1 amide bonds. The third-order valence-electron chi connectivity index (χ3n) is 5.51.